The number of hydrogen-bond donors (Lipinski definition) is 2. The molecule has 158 valence electrons. The van der Waals surface area contributed by atoms with Gasteiger partial charge in [-0.25, -0.2) is 8.78 Å². The molecule has 1 aliphatic rings. The molecule has 0 aliphatic heterocycles. The van der Waals surface area contributed by atoms with Gasteiger partial charge in [0.25, 0.3) is 5.92 Å². The van der Waals surface area contributed by atoms with Gasteiger partial charge in [0.15, 0.2) is 0 Å². The summed E-state index contributed by atoms with van der Waals surface area (Å²) >= 11 is 0. The minimum absolute atomic E-state index is 0.0643. The molecule has 2 N–H and O–H groups in total. The first-order valence-corrected chi connectivity index (χ1v) is 10.6. The number of unbranched alkanes of at least 4 members (excludes halogenated alkanes) is 1. The van der Waals surface area contributed by atoms with Crippen LogP contribution >= 0.6 is 0 Å². The quantitative estimate of drug-likeness (QED) is 0.298. The highest BCUT2D eigenvalue weighted by atomic mass is 19.3. The summed E-state index contributed by atoms with van der Waals surface area (Å²) in [6.07, 6.45) is 9.31. The van der Waals surface area contributed by atoms with Gasteiger partial charge in [-0.1, -0.05) is 32.9 Å². The van der Waals surface area contributed by atoms with Crippen molar-refractivity contribution in [1.29, 1.82) is 0 Å². The van der Waals surface area contributed by atoms with E-state index in [9.17, 15) is 18.7 Å². The molecule has 0 radical (unpaired) electrons. The minimum Gasteiger partial charge on any atom is -0.481 e. The van der Waals surface area contributed by atoms with Gasteiger partial charge in [0.2, 0.25) is 0 Å². The maximum atomic E-state index is 14.3. The number of aliphatic hydroxyl groups is 1. The van der Waals surface area contributed by atoms with Gasteiger partial charge in [-0.3, -0.25) is 4.79 Å². The van der Waals surface area contributed by atoms with Crippen molar-refractivity contribution in [1.82, 2.24) is 0 Å². The molecule has 5 heteroatoms. The van der Waals surface area contributed by atoms with E-state index in [-0.39, 0.29) is 30.8 Å². The lowest BCUT2D eigenvalue weighted by Crippen LogP contribution is -2.27. The first kappa shape index (κ1) is 24.1. The van der Waals surface area contributed by atoms with Gasteiger partial charge in [-0.05, 0) is 69.1 Å². The van der Waals surface area contributed by atoms with Crippen LogP contribution in [0, 0.1) is 23.7 Å². The second-order valence-electron chi connectivity index (χ2n) is 8.75. The molecule has 1 aliphatic carbocycles. The Hall–Kier alpha value is -0.970. The highest BCUT2D eigenvalue weighted by Gasteiger charge is 2.38. The molecule has 1 rings (SSSR count). The molecular weight excluding hydrogens is 350 g/mol. The van der Waals surface area contributed by atoms with Gasteiger partial charge in [0, 0.05) is 18.8 Å². The molecule has 0 aromatic rings. The van der Waals surface area contributed by atoms with Crippen LogP contribution in [0.3, 0.4) is 0 Å². The number of alkyl halides is 2. The Morgan fingerprint density at radius 3 is 2.52 bits per heavy atom. The van der Waals surface area contributed by atoms with Crippen molar-refractivity contribution in [2.45, 2.75) is 97.0 Å². The van der Waals surface area contributed by atoms with Gasteiger partial charge in [-0.2, -0.15) is 0 Å². The normalized spacial score (nSPS) is 24.8. The lowest BCUT2D eigenvalue weighted by molar-refractivity contribution is -0.137. The smallest absolute Gasteiger partial charge is 0.303 e. The predicted octanol–water partition coefficient (Wildman–Crippen LogP) is 6.06. The number of carbonyl (C=O) groups is 1. The summed E-state index contributed by atoms with van der Waals surface area (Å²) in [7, 11) is 0. The summed E-state index contributed by atoms with van der Waals surface area (Å²) in [4.78, 5) is 10.5. The molecule has 4 atom stereocenters. The zero-order valence-electron chi connectivity index (χ0n) is 17.2. The van der Waals surface area contributed by atoms with E-state index in [4.69, 9.17) is 5.11 Å². The maximum absolute atomic E-state index is 14.3. The molecule has 0 spiro atoms. The fraction of sp³-hybridized carbons (Fsp3) is 0.864. The number of rotatable bonds is 13. The Balaban J connectivity index is 2.38. The van der Waals surface area contributed by atoms with Crippen LogP contribution in [0.5, 0.6) is 0 Å². The Morgan fingerprint density at radius 1 is 1.19 bits per heavy atom. The number of aliphatic carboxylic acids is 1. The molecule has 0 aromatic heterocycles. The van der Waals surface area contributed by atoms with Crippen LogP contribution < -0.4 is 0 Å². The lowest BCUT2D eigenvalue weighted by Gasteiger charge is -2.26. The minimum atomic E-state index is -2.61. The van der Waals surface area contributed by atoms with Gasteiger partial charge in [0.1, 0.15) is 0 Å². The van der Waals surface area contributed by atoms with E-state index in [1.54, 1.807) is 6.92 Å². The summed E-state index contributed by atoms with van der Waals surface area (Å²) in [6, 6.07) is 0. The Kier molecular flexibility index (Phi) is 10.5. The summed E-state index contributed by atoms with van der Waals surface area (Å²) in [6.45, 7) is 5.61. The topological polar surface area (TPSA) is 57.5 Å². The third-order valence-electron chi connectivity index (χ3n) is 5.90. The van der Waals surface area contributed by atoms with Crippen molar-refractivity contribution < 1.29 is 23.8 Å². The SMILES string of the molecule is CC(C)C[C@@H](C)C(F)(F)CCC[C@H]1CC[C@H](O)C1C/C=C\CCCC(=O)O. The van der Waals surface area contributed by atoms with E-state index in [1.807, 2.05) is 26.0 Å². The van der Waals surface area contributed by atoms with Crippen molar-refractivity contribution in [3.8, 4) is 0 Å². The molecule has 1 saturated carbocycles. The number of carboxylic acid groups (broad SMARTS) is 1. The van der Waals surface area contributed by atoms with Crippen molar-refractivity contribution >= 4 is 5.97 Å². The highest BCUT2D eigenvalue weighted by molar-refractivity contribution is 5.66. The Bertz CT molecular complexity index is 462. The van der Waals surface area contributed by atoms with Crippen molar-refractivity contribution in [2.24, 2.45) is 23.7 Å². The van der Waals surface area contributed by atoms with E-state index in [2.05, 4.69) is 0 Å². The lowest BCUT2D eigenvalue weighted by atomic mass is 9.85. The fourth-order valence-corrected chi connectivity index (χ4v) is 4.30. The summed E-state index contributed by atoms with van der Waals surface area (Å²) in [5.74, 6) is -3.25. The molecule has 1 unspecified atom stereocenters. The van der Waals surface area contributed by atoms with E-state index >= 15 is 0 Å². The maximum Gasteiger partial charge on any atom is 0.303 e. The van der Waals surface area contributed by atoms with Crippen LogP contribution in [0.1, 0.15) is 85.0 Å². The predicted molar refractivity (Wildman–Crippen MR) is 105 cm³/mol. The summed E-state index contributed by atoms with van der Waals surface area (Å²) in [5.41, 5.74) is 0. The van der Waals surface area contributed by atoms with Crippen LogP contribution in [0.15, 0.2) is 12.2 Å². The van der Waals surface area contributed by atoms with Crippen LogP contribution in [-0.2, 0) is 4.79 Å². The fourth-order valence-electron chi connectivity index (χ4n) is 4.30. The first-order chi connectivity index (χ1) is 12.6. The molecule has 3 nitrogen and oxygen atoms in total. The third kappa shape index (κ3) is 9.18. The molecular formula is C22H38F2O3. The highest BCUT2D eigenvalue weighted by Crippen LogP contribution is 2.40. The molecule has 27 heavy (non-hydrogen) atoms. The van der Waals surface area contributed by atoms with E-state index in [0.29, 0.717) is 25.2 Å². The van der Waals surface area contributed by atoms with E-state index < -0.39 is 17.8 Å². The van der Waals surface area contributed by atoms with Crippen LogP contribution in [-0.4, -0.2) is 28.2 Å². The van der Waals surface area contributed by atoms with Crippen molar-refractivity contribution in [3.63, 3.8) is 0 Å². The molecule has 0 bridgehead atoms. The van der Waals surface area contributed by atoms with Crippen LogP contribution in [0.4, 0.5) is 8.78 Å². The number of allylic oxidation sites excluding steroid dienone is 2. The van der Waals surface area contributed by atoms with Crippen molar-refractivity contribution in [2.75, 3.05) is 0 Å². The zero-order valence-corrected chi connectivity index (χ0v) is 17.2. The van der Waals surface area contributed by atoms with Gasteiger partial charge >= 0.3 is 5.97 Å². The zero-order chi connectivity index (χ0) is 20.4. The number of aliphatic hydroxyl groups excluding tert-OH is 1. The van der Waals surface area contributed by atoms with E-state index in [0.717, 1.165) is 32.1 Å². The Morgan fingerprint density at radius 2 is 1.89 bits per heavy atom. The number of halogens is 2. The number of carboxylic acids is 1. The second-order valence-corrected chi connectivity index (χ2v) is 8.75. The standard InChI is InChI=1S/C22H38F2O3/c1-16(2)15-17(3)22(23,24)14-8-9-18-12-13-20(25)19(18)10-6-4-5-7-11-21(26)27/h4,6,16-20,25H,5,7-15H2,1-3H3,(H,26,27)/b6-4-/t17-,18+,19?,20+/m1/s1. The third-order valence-corrected chi connectivity index (χ3v) is 5.90. The Labute approximate surface area is 163 Å². The van der Waals surface area contributed by atoms with E-state index in [1.165, 1.54) is 0 Å². The van der Waals surface area contributed by atoms with Gasteiger partial charge in [-0.15, -0.1) is 0 Å². The summed E-state index contributed by atoms with van der Waals surface area (Å²) < 4.78 is 28.6. The van der Waals surface area contributed by atoms with Crippen LogP contribution in [0.2, 0.25) is 0 Å². The average molecular weight is 389 g/mol. The summed E-state index contributed by atoms with van der Waals surface area (Å²) in [5, 5.41) is 18.8. The van der Waals surface area contributed by atoms with Gasteiger partial charge < -0.3 is 10.2 Å². The molecule has 1 fully saturated rings. The molecule has 0 aromatic carbocycles. The molecule has 0 heterocycles. The molecule has 0 saturated heterocycles. The number of hydrogen-bond acceptors (Lipinski definition) is 2. The monoisotopic (exact) mass is 388 g/mol. The second kappa shape index (κ2) is 11.8. The average Bonchev–Trinajstić information content (AvgIpc) is 2.90. The molecule has 0 amide bonds. The van der Waals surface area contributed by atoms with Crippen LogP contribution in [0.25, 0.3) is 0 Å². The first-order valence-electron chi connectivity index (χ1n) is 10.6. The largest absolute Gasteiger partial charge is 0.481 e. The van der Waals surface area contributed by atoms with Gasteiger partial charge in [0.05, 0.1) is 6.10 Å². The van der Waals surface area contributed by atoms with Crippen molar-refractivity contribution in [3.05, 3.63) is 12.2 Å².